The lowest BCUT2D eigenvalue weighted by Crippen LogP contribution is -2.45. The van der Waals surface area contributed by atoms with Crippen LogP contribution < -0.4 is 20.5 Å². The van der Waals surface area contributed by atoms with Crippen molar-refractivity contribution in [2.45, 2.75) is 53.1 Å². The van der Waals surface area contributed by atoms with E-state index in [1.807, 2.05) is 52.8 Å². The van der Waals surface area contributed by atoms with Crippen LogP contribution in [0.3, 0.4) is 0 Å². The Balaban J connectivity index is 0.00000529. The molecule has 1 amide bonds. The normalized spacial score (nSPS) is 14.1. The second-order valence-electron chi connectivity index (χ2n) is 5.71. The zero-order valence-corrected chi connectivity index (χ0v) is 16.1. The summed E-state index contributed by atoms with van der Waals surface area (Å²) in [4.78, 5) is 12.2. The molecule has 0 bridgehead atoms. The number of halogens is 1. The smallest absolute Gasteiger partial charge is 0.237 e. The van der Waals surface area contributed by atoms with E-state index >= 15 is 0 Å². The van der Waals surface area contributed by atoms with Crippen LogP contribution in [0, 0.1) is 5.92 Å². The summed E-state index contributed by atoms with van der Waals surface area (Å²) in [5, 5.41) is 2.97. The molecule has 0 aliphatic carbocycles. The minimum absolute atomic E-state index is 0. The van der Waals surface area contributed by atoms with E-state index in [1.165, 1.54) is 0 Å². The van der Waals surface area contributed by atoms with Crippen LogP contribution in [0.2, 0.25) is 0 Å². The molecule has 1 aromatic carbocycles. The second-order valence-corrected chi connectivity index (χ2v) is 5.71. The molecule has 0 aliphatic rings. The van der Waals surface area contributed by atoms with E-state index in [9.17, 15) is 4.79 Å². The standard InChI is InChI=1S/C18H30N2O3.ClH/c1-6-12(4)17(19)18(21)20-13(5)14-9-10-15(22-7-2)16(11-14)23-8-3;/h9-13,17H,6-8,19H2,1-5H3,(H,20,21);1H. The van der Waals surface area contributed by atoms with Crippen LogP contribution >= 0.6 is 12.4 Å². The molecule has 138 valence electrons. The zero-order chi connectivity index (χ0) is 17.4. The summed E-state index contributed by atoms with van der Waals surface area (Å²) >= 11 is 0. The number of amides is 1. The zero-order valence-electron chi connectivity index (χ0n) is 15.3. The number of nitrogens with two attached hydrogens (primary N) is 1. The van der Waals surface area contributed by atoms with Gasteiger partial charge in [0.25, 0.3) is 0 Å². The molecule has 0 heterocycles. The third-order valence-corrected chi connectivity index (χ3v) is 3.99. The van der Waals surface area contributed by atoms with E-state index in [4.69, 9.17) is 15.2 Å². The van der Waals surface area contributed by atoms with Gasteiger partial charge in [0.1, 0.15) is 0 Å². The highest BCUT2D eigenvalue weighted by Gasteiger charge is 2.21. The van der Waals surface area contributed by atoms with Gasteiger partial charge < -0.3 is 20.5 Å². The topological polar surface area (TPSA) is 73.6 Å². The number of benzene rings is 1. The highest BCUT2D eigenvalue weighted by molar-refractivity contribution is 5.85. The Hall–Kier alpha value is -1.46. The third-order valence-electron chi connectivity index (χ3n) is 3.99. The third kappa shape index (κ3) is 6.21. The van der Waals surface area contributed by atoms with Crippen molar-refractivity contribution in [3.8, 4) is 11.5 Å². The van der Waals surface area contributed by atoms with E-state index in [1.54, 1.807) is 0 Å². The predicted octanol–water partition coefficient (Wildman–Crippen LogP) is 3.46. The maximum atomic E-state index is 12.2. The Labute approximate surface area is 151 Å². The van der Waals surface area contributed by atoms with Gasteiger partial charge in [0.05, 0.1) is 25.3 Å². The van der Waals surface area contributed by atoms with Gasteiger partial charge in [-0.15, -0.1) is 12.4 Å². The fourth-order valence-corrected chi connectivity index (χ4v) is 2.24. The van der Waals surface area contributed by atoms with Gasteiger partial charge in [0.2, 0.25) is 5.91 Å². The highest BCUT2D eigenvalue weighted by Crippen LogP contribution is 2.30. The number of ether oxygens (including phenoxy) is 2. The van der Waals surface area contributed by atoms with Gasteiger partial charge in [-0.2, -0.15) is 0 Å². The van der Waals surface area contributed by atoms with Gasteiger partial charge in [-0.25, -0.2) is 0 Å². The lowest BCUT2D eigenvalue weighted by Gasteiger charge is -2.22. The molecule has 24 heavy (non-hydrogen) atoms. The fourth-order valence-electron chi connectivity index (χ4n) is 2.24. The van der Waals surface area contributed by atoms with Crippen LogP contribution in [0.4, 0.5) is 0 Å². The van der Waals surface area contributed by atoms with Gasteiger partial charge in [-0.1, -0.05) is 26.3 Å². The largest absolute Gasteiger partial charge is 0.490 e. The van der Waals surface area contributed by atoms with E-state index in [0.717, 1.165) is 12.0 Å². The molecule has 0 aliphatic heterocycles. The van der Waals surface area contributed by atoms with Gasteiger partial charge in [0.15, 0.2) is 11.5 Å². The summed E-state index contributed by atoms with van der Waals surface area (Å²) in [6.07, 6.45) is 0.876. The van der Waals surface area contributed by atoms with Crippen LogP contribution in [0.5, 0.6) is 11.5 Å². The van der Waals surface area contributed by atoms with Crippen molar-refractivity contribution in [1.82, 2.24) is 5.32 Å². The number of hydrogen-bond donors (Lipinski definition) is 2. The quantitative estimate of drug-likeness (QED) is 0.709. The first-order valence-electron chi connectivity index (χ1n) is 8.39. The van der Waals surface area contributed by atoms with Crippen LogP contribution in [0.1, 0.15) is 52.6 Å². The van der Waals surface area contributed by atoms with Crippen molar-refractivity contribution in [2.24, 2.45) is 11.7 Å². The first kappa shape index (κ1) is 22.5. The van der Waals surface area contributed by atoms with Gasteiger partial charge >= 0.3 is 0 Å². The molecule has 0 saturated carbocycles. The van der Waals surface area contributed by atoms with Crippen molar-refractivity contribution < 1.29 is 14.3 Å². The molecule has 0 aromatic heterocycles. The predicted molar refractivity (Wildman–Crippen MR) is 100 cm³/mol. The van der Waals surface area contributed by atoms with Crippen LogP contribution in [-0.4, -0.2) is 25.2 Å². The first-order chi connectivity index (χ1) is 10.9. The Morgan fingerprint density at radius 3 is 2.25 bits per heavy atom. The molecule has 5 nitrogen and oxygen atoms in total. The SMILES string of the molecule is CCOc1ccc(C(C)NC(=O)C(N)C(C)CC)cc1OCC.Cl. The molecule has 3 N–H and O–H groups in total. The van der Waals surface area contributed by atoms with Crippen molar-refractivity contribution in [1.29, 1.82) is 0 Å². The molecular formula is C18H31ClN2O3. The van der Waals surface area contributed by atoms with E-state index in [-0.39, 0.29) is 30.3 Å². The molecule has 1 aromatic rings. The number of rotatable bonds is 9. The van der Waals surface area contributed by atoms with Gasteiger partial charge in [0, 0.05) is 0 Å². The Kier molecular flexibility index (Phi) is 10.5. The molecule has 1 rings (SSSR count). The molecular weight excluding hydrogens is 328 g/mol. The summed E-state index contributed by atoms with van der Waals surface area (Å²) in [6.45, 7) is 11.0. The maximum absolute atomic E-state index is 12.2. The number of carbonyl (C=O) groups excluding carboxylic acids is 1. The van der Waals surface area contributed by atoms with Crippen LogP contribution in [-0.2, 0) is 4.79 Å². The van der Waals surface area contributed by atoms with Crippen molar-refractivity contribution in [2.75, 3.05) is 13.2 Å². The minimum atomic E-state index is -0.489. The average Bonchev–Trinajstić information content (AvgIpc) is 2.55. The fraction of sp³-hybridized carbons (Fsp3) is 0.611. The maximum Gasteiger partial charge on any atom is 0.237 e. The molecule has 3 unspecified atom stereocenters. The number of hydrogen-bond acceptors (Lipinski definition) is 4. The lowest BCUT2D eigenvalue weighted by molar-refractivity contribution is -0.124. The monoisotopic (exact) mass is 358 g/mol. The van der Waals surface area contributed by atoms with Crippen molar-refractivity contribution >= 4 is 18.3 Å². The summed E-state index contributed by atoms with van der Waals surface area (Å²) < 4.78 is 11.2. The highest BCUT2D eigenvalue weighted by atomic mass is 35.5. The number of nitrogens with one attached hydrogen (secondary N) is 1. The van der Waals surface area contributed by atoms with E-state index in [2.05, 4.69) is 5.32 Å². The van der Waals surface area contributed by atoms with Crippen LogP contribution in [0.25, 0.3) is 0 Å². The Morgan fingerprint density at radius 1 is 1.12 bits per heavy atom. The van der Waals surface area contributed by atoms with Crippen molar-refractivity contribution in [3.05, 3.63) is 23.8 Å². The lowest BCUT2D eigenvalue weighted by atomic mass is 9.98. The first-order valence-corrected chi connectivity index (χ1v) is 8.39. The van der Waals surface area contributed by atoms with Crippen LogP contribution in [0.15, 0.2) is 18.2 Å². The van der Waals surface area contributed by atoms with E-state index in [0.29, 0.717) is 24.7 Å². The summed E-state index contributed by atoms with van der Waals surface area (Å²) in [6, 6.07) is 5.09. The molecule has 0 saturated heterocycles. The van der Waals surface area contributed by atoms with Gasteiger partial charge in [-0.05, 0) is 44.4 Å². The molecule has 0 radical (unpaired) electrons. The molecule has 3 atom stereocenters. The summed E-state index contributed by atoms with van der Waals surface area (Å²) in [5.74, 6) is 1.44. The average molecular weight is 359 g/mol. The van der Waals surface area contributed by atoms with Gasteiger partial charge in [-0.3, -0.25) is 4.79 Å². The second kappa shape index (κ2) is 11.2. The van der Waals surface area contributed by atoms with Crippen molar-refractivity contribution in [3.63, 3.8) is 0 Å². The summed E-state index contributed by atoms with van der Waals surface area (Å²) in [7, 11) is 0. The Bertz CT molecular complexity index is 511. The van der Waals surface area contributed by atoms with E-state index < -0.39 is 6.04 Å². The molecule has 0 fully saturated rings. The minimum Gasteiger partial charge on any atom is -0.490 e. The molecule has 6 heteroatoms. The Morgan fingerprint density at radius 2 is 1.71 bits per heavy atom. The number of carbonyl (C=O) groups is 1. The molecule has 0 spiro atoms. The summed E-state index contributed by atoms with van der Waals surface area (Å²) in [5.41, 5.74) is 6.94.